The van der Waals surface area contributed by atoms with Crippen molar-refractivity contribution in [1.29, 1.82) is 0 Å². The first-order valence-electron chi connectivity index (χ1n) is 9.15. The number of nitrogens with one attached hydrogen (secondary N) is 1. The predicted molar refractivity (Wildman–Crippen MR) is 89.5 cm³/mol. The van der Waals surface area contributed by atoms with Crippen LogP contribution in [0.3, 0.4) is 0 Å². The third kappa shape index (κ3) is 5.88. The molecule has 2 saturated carbocycles. The molecule has 1 atom stereocenters. The average molecular weight is 296 g/mol. The zero-order chi connectivity index (χ0) is 15.3. The first-order chi connectivity index (χ1) is 10.0. The van der Waals surface area contributed by atoms with Crippen molar-refractivity contribution in [1.82, 2.24) is 10.2 Å². The predicted octanol–water partition coefficient (Wildman–Crippen LogP) is 3.17. The monoisotopic (exact) mass is 296 g/mol. The molecule has 0 saturated heterocycles. The minimum atomic E-state index is -0.0874. The maximum atomic E-state index is 9.78. The van der Waals surface area contributed by atoms with Gasteiger partial charge in [0.25, 0.3) is 0 Å². The third-order valence-electron chi connectivity index (χ3n) is 5.26. The van der Waals surface area contributed by atoms with Gasteiger partial charge in [-0.15, -0.1) is 0 Å². The van der Waals surface area contributed by atoms with E-state index >= 15 is 0 Å². The van der Waals surface area contributed by atoms with Gasteiger partial charge in [-0.05, 0) is 57.9 Å². The SMILES string of the molecule is CC(C)CCN(CCC(C)(CO)NC1CC1)C1CCCC1. The fourth-order valence-corrected chi connectivity index (χ4v) is 3.48. The highest BCUT2D eigenvalue weighted by atomic mass is 16.3. The van der Waals surface area contributed by atoms with Gasteiger partial charge < -0.3 is 15.3 Å². The van der Waals surface area contributed by atoms with Gasteiger partial charge in [-0.25, -0.2) is 0 Å². The van der Waals surface area contributed by atoms with Gasteiger partial charge in [0.1, 0.15) is 0 Å². The second-order valence-corrected chi connectivity index (χ2v) is 8.04. The molecule has 0 aliphatic heterocycles. The summed E-state index contributed by atoms with van der Waals surface area (Å²) in [5, 5.41) is 13.4. The Morgan fingerprint density at radius 3 is 2.33 bits per heavy atom. The van der Waals surface area contributed by atoms with E-state index in [0.29, 0.717) is 6.04 Å². The Bertz CT molecular complexity index is 298. The van der Waals surface area contributed by atoms with E-state index in [1.54, 1.807) is 0 Å². The van der Waals surface area contributed by atoms with E-state index in [2.05, 4.69) is 31.0 Å². The number of hydrogen-bond donors (Lipinski definition) is 2. The molecule has 0 aromatic carbocycles. The van der Waals surface area contributed by atoms with Crippen molar-refractivity contribution >= 4 is 0 Å². The number of nitrogens with zero attached hydrogens (tertiary/aromatic N) is 1. The first kappa shape index (κ1) is 17.2. The highest BCUT2D eigenvalue weighted by molar-refractivity contribution is 4.93. The van der Waals surface area contributed by atoms with Gasteiger partial charge in [-0.3, -0.25) is 0 Å². The van der Waals surface area contributed by atoms with E-state index in [-0.39, 0.29) is 12.1 Å². The van der Waals surface area contributed by atoms with Crippen molar-refractivity contribution in [2.45, 2.75) is 89.8 Å². The summed E-state index contributed by atoms with van der Waals surface area (Å²) in [7, 11) is 0. The lowest BCUT2D eigenvalue weighted by Gasteiger charge is -2.35. The van der Waals surface area contributed by atoms with Crippen LogP contribution >= 0.6 is 0 Å². The van der Waals surface area contributed by atoms with Crippen molar-refractivity contribution in [3.05, 3.63) is 0 Å². The molecule has 0 bridgehead atoms. The molecule has 3 nitrogen and oxygen atoms in total. The molecular formula is C18H36N2O. The Kier molecular flexibility index (Phi) is 6.51. The molecule has 2 rings (SSSR count). The van der Waals surface area contributed by atoms with Crippen LogP contribution in [0.4, 0.5) is 0 Å². The molecule has 0 aromatic rings. The molecule has 0 radical (unpaired) electrons. The van der Waals surface area contributed by atoms with Crippen LogP contribution in [0, 0.1) is 5.92 Å². The van der Waals surface area contributed by atoms with E-state index in [9.17, 15) is 5.11 Å². The van der Waals surface area contributed by atoms with E-state index in [4.69, 9.17) is 0 Å². The largest absolute Gasteiger partial charge is 0.394 e. The minimum absolute atomic E-state index is 0.0874. The molecule has 2 aliphatic carbocycles. The van der Waals surface area contributed by atoms with Gasteiger partial charge in [0, 0.05) is 24.2 Å². The average Bonchev–Trinajstić information content (AvgIpc) is 3.08. The van der Waals surface area contributed by atoms with Crippen LogP contribution in [0.25, 0.3) is 0 Å². The second-order valence-electron chi connectivity index (χ2n) is 8.04. The number of rotatable bonds is 10. The Morgan fingerprint density at radius 2 is 1.81 bits per heavy atom. The molecule has 124 valence electrons. The fraction of sp³-hybridized carbons (Fsp3) is 1.00. The Hall–Kier alpha value is -0.120. The van der Waals surface area contributed by atoms with E-state index in [0.717, 1.165) is 24.9 Å². The Morgan fingerprint density at radius 1 is 1.14 bits per heavy atom. The van der Waals surface area contributed by atoms with Crippen molar-refractivity contribution in [2.75, 3.05) is 19.7 Å². The third-order valence-corrected chi connectivity index (χ3v) is 5.26. The summed E-state index contributed by atoms with van der Waals surface area (Å²) in [6.07, 6.45) is 10.5. The Balaban J connectivity index is 1.83. The van der Waals surface area contributed by atoms with Crippen molar-refractivity contribution in [3.63, 3.8) is 0 Å². The van der Waals surface area contributed by atoms with E-state index < -0.39 is 0 Å². The number of hydrogen-bond acceptors (Lipinski definition) is 3. The van der Waals surface area contributed by atoms with Crippen LogP contribution in [-0.4, -0.2) is 47.3 Å². The molecule has 0 spiro atoms. The van der Waals surface area contributed by atoms with Crippen LogP contribution in [-0.2, 0) is 0 Å². The summed E-state index contributed by atoms with van der Waals surface area (Å²) < 4.78 is 0. The van der Waals surface area contributed by atoms with Crippen LogP contribution < -0.4 is 5.32 Å². The molecule has 2 fully saturated rings. The zero-order valence-electron chi connectivity index (χ0n) is 14.4. The van der Waals surface area contributed by atoms with Crippen LogP contribution in [0.1, 0.15) is 72.1 Å². The molecule has 3 heteroatoms. The van der Waals surface area contributed by atoms with Gasteiger partial charge in [0.15, 0.2) is 0 Å². The molecule has 2 N–H and O–H groups in total. The van der Waals surface area contributed by atoms with Crippen LogP contribution in [0.15, 0.2) is 0 Å². The van der Waals surface area contributed by atoms with Crippen LogP contribution in [0.2, 0.25) is 0 Å². The maximum Gasteiger partial charge on any atom is 0.0611 e. The van der Waals surface area contributed by atoms with E-state index in [1.165, 1.54) is 51.5 Å². The summed E-state index contributed by atoms with van der Waals surface area (Å²) in [4.78, 5) is 2.72. The van der Waals surface area contributed by atoms with Gasteiger partial charge in [-0.1, -0.05) is 26.7 Å². The van der Waals surface area contributed by atoms with Gasteiger partial charge >= 0.3 is 0 Å². The van der Waals surface area contributed by atoms with E-state index in [1.807, 2.05) is 0 Å². The van der Waals surface area contributed by atoms with Crippen molar-refractivity contribution in [2.24, 2.45) is 5.92 Å². The lowest BCUT2D eigenvalue weighted by Crippen LogP contribution is -2.50. The van der Waals surface area contributed by atoms with Gasteiger partial charge in [0.05, 0.1) is 6.61 Å². The summed E-state index contributed by atoms with van der Waals surface area (Å²) in [5.41, 5.74) is -0.0874. The second kappa shape index (κ2) is 7.94. The number of aliphatic hydroxyl groups is 1. The number of aliphatic hydroxyl groups excluding tert-OH is 1. The molecule has 2 aliphatic rings. The van der Waals surface area contributed by atoms with Gasteiger partial charge in [-0.2, -0.15) is 0 Å². The molecule has 21 heavy (non-hydrogen) atoms. The highest BCUT2D eigenvalue weighted by Crippen LogP contribution is 2.27. The maximum absolute atomic E-state index is 9.78. The molecule has 1 unspecified atom stereocenters. The normalized spacial score (nSPS) is 23.1. The van der Waals surface area contributed by atoms with Gasteiger partial charge in [0.2, 0.25) is 0 Å². The Labute approximate surface area is 131 Å². The fourth-order valence-electron chi connectivity index (χ4n) is 3.48. The molecule has 0 heterocycles. The summed E-state index contributed by atoms with van der Waals surface area (Å²) in [6, 6.07) is 1.46. The molecule has 0 amide bonds. The zero-order valence-corrected chi connectivity index (χ0v) is 14.4. The first-order valence-corrected chi connectivity index (χ1v) is 9.15. The smallest absolute Gasteiger partial charge is 0.0611 e. The summed E-state index contributed by atoms with van der Waals surface area (Å²) in [6.45, 7) is 9.45. The highest BCUT2D eigenvalue weighted by Gasteiger charge is 2.33. The standard InChI is InChI=1S/C18H36N2O/c1-15(2)10-12-20(17-6-4-5-7-17)13-11-18(3,14-21)19-16-8-9-16/h15-17,19,21H,4-14H2,1-3H3. The minimum Gasteiger partial charge on any atom is -0.394 e. The molecular weight excluding hydrogens is 260 g/mol. The lowest BCUT2D eigenvalue weighted by molar-refractivity contribution is 0.124. The van der Waals surface area contributed by atoms with Crippen molar-refractivity contribution < 1.29 is 5.11 Å². The van der Waals surface area contributed by atoms with Crippen molar-refractivity contribution in [3.8, 4) is 0 Å². The summed E-state index contributed by atoms with van der Waals surface area (Å²) in [5.74, 6) is 0.780. The quantitative estimate of drug-likeness (QED) is 0.650. The van der Waals surface area contributed by atoms with Crippen LogP contribution in [0.5, 0.6) is 0 Å². The topological polar surface area (TPSA) is 35.5 Å². The molecule has 0 aromatic heterocycles. The summed E-state index contributed by atoms with van der Waals surface area (Å²) >= 11 is 0. The lowest BCUT2D eigenvalue weighted by atomic mass is 9.97.